The molecule has 0 unspecified atom stereocenters. The van der Waals surface area contributed by atoms with Crippen molar-refractivity contribution in [1.82, 2.24) is 0 Å². The van der Waals surface area contributed by atoms with Gasteiger partial charge in [-0.05, 0) is 114 Å². The minimum Gasteiger partial charge on any atom is -0.310 e. The molecule has 57 heavy (non-hydrogen) atoms. The first-order chi connectivity index (χ1) is 28.0. The summed E-state index contributed by atoms with van der Waals surface area (Å²) in [6.07, 6.45) is 0. The van der Waals surface area contributed by atoms with Crippen LogP contribution in [0.2, 0.25) is 0 Å². The highest BCUT2D eigenvalue weighted by Crippen LogP contribution is 2.59. The Bertz CT molecular complexity index is 2940. The molecule has 2 aliphatic rings. The highest BCUT2D eigenvalue weighted by molar-refractivity contribution is 5.98. The molecule has 0 saturated heterocycles. The molecule has 1 nitrogen and oxygen atoms in total. The first-order valence-corrected chi connectivity index (χ1v) is 20.0. The van der Waals surface area contributed by atoms with Crippen molar-refractivity contribution in [2.45, 2.75) is 24.7 Å². The fourth-order valence-electron chi connectivity index (χ4n) is 10.1. The number of para-hydroxylation sites is 1. The van der Waals surface area contributed by atoms with E-state index >= 15 is 0 Å². The normalized spacial score (nSPS) is 14.1. The van der Waals surface area contributed by atoms with Crippen LogP contribution in [0.4, 0.5) is 17.1 Å². The fourth-order valence-corrected chi connectivity index (χ4v) is 10.1. The molecular formula is C56H41N. The number of hydrogen-bond acceptors (Lipinski definition) is 1. The quantitative estimate of drug-likeness (QED) is 0.165. The molecule has 0 saturated carbocycles. The van der Waals surface area contributed by atoms with Gasteiger partial charge in [-0.3, -0.25) is 0 Å². The zero-order chi connectivity index (χ0) is 38.1. The molecule has 0 spiro atoms. The van der Waals surface area contributed by atoms with Crippen molar-refractivity contribution in [2.75, 3.05) is 4.90 Å². The van der Waals surface area contributed by atoms with E-state index in [1.54, 1.807) is 0 Å². The van der Waals surface area contributed by atoms with E-state index in [2.05, 4.69) is 231 Å². The van der Waals surface area contributed by atoms with Crippen molar-refractivity contribution in [2.24, 2.45) is 0 Å². The Morgan fingerprint density at radius 2 is 0.807 bits per heavy atom. The molecule has 0 heterocycles. The van der Waals surface area contributed by atoms with Crippen LogP contribution in [-0.2, 0) is 10.8 Å². The SMILES string of the molecule is CC1(C)c2ccccc2-c2ccc(N(c3ccc4c(c3)C(c3ccccc3)(c3ccccc3)c3cc5ccccc5cc3-4)c3ccccc3-c3ccccc3)cc21. The molecule has 11 rings (SSSR count). The van der Waals surface area contributed by atoms with E-state index in [4.69, 9.17) is 0 Å². The molecule has 0 aromatic heterocycles. The molecule has 1 heteroatoms. The van der Waals surface area contributed by atoms with Crippen molar-refractivity contribution in [1.29, 1.82) is 0 Å². The van der Waals surface area contributed by atoms with Gasteiger partial charge in [0, 0.05) is 22.4 Å². The van der Waals surface area contributed by atoms with Crippen molar-refractivity contribution in [3.8, 4) is 33.4 Å². The van der Waals surface area contributed by atoms with Crippen LogP contribution in [0.15, 0.2) is 212 Å². The van der Waals surface area contributed by atoms with Gasteiger partial charge in [0.25, 0.3) is 0 Å². The van der Waals surface area contributed by atoms with Gasteiger partial charge >= 0.3 is 0 Å². The van der Waals surface area contributed by atoms with Crippen LogP contribution in [0, 0.1) is 0 Å². The number of rotatable bonds is 6. The van der Waals surface area contributed by atoms with Crippen molar-refractivity contribution < 1.29 is 0 Å². The minimum atomic E-state index is -0.542. The number of benzene rings is 9. The maximum absolute atomic E-state index is 2.50. The summed E-state index contributed by atoms with van der Waals surface area (Å²) in [6.45, 7) is 4.74. The van der Waals surface area contributed by atoms with Gasteiger partial charge in [0.05, 0.1) is 11.1 Å². The Hall–Kier alpha value is -6.96. The molecular weight excluding hydrogens is 687 g/mol. The predicted octanol–water partition coefficient (Wildman–Crippen LogP) is 14.6. The lowest BCUT2D eigenvalue weighted by molar-refractivity contribution is 0.660. The third-order valence-electron chi connectivity index (χ3n) is 12.7. The number of fused-ring (bicyclic) bond motifs is 7. The van der Waals surface area contributed by atoms with Gasteiger partial charge in [-0.15, -0.1) is 0 Å². The summed E-state index contributed by atoms with van der Waals surface area (Å²) in [6, 6.07) is 78.9. The van der Waals surface area contributed by atoms with Crippen molar-refractivity contribution in [3.05, 3.63) is 246 Å². The molecule has 0 radical (unpaired) electrons. The van der Waals surface area contributed by atoms with Gasteiger partial charge in [-0.25, -0.2) is 0 Å². The second kappa shape index (κ2) is 12.8. The molecule has 0 aliphatic heterocycles. The summed E-state index contributed by atoms with van der Waals surface area (Å²) in [4.78, 5) is 2.50. The summed E-state index contributed by atoms with van der Waals surface area (Å²) in [7, 11) is 0. The fraction of sp³-hybridized carbons (Fsp3) is 0.0714. The second-order valence-corrected chi connectivity index (χ2v) is 16.1. The molecule has 2 aliphatic carbocycles. The van der Waals surface area contributed by atoms with E-state index in [1.807, 2.05) is 0 Å². The largest absolute Gasteiger partial charge is 0.310 e. The Morgan fingerprint density at radius 1 is 0.333 bits per heavy atom. The lowest BCUT2D eigenvalue weighted by Crippen LogP contribution is -2.28. The van der Waals surface area contributed by atoms with E-state index < -0.39 is 5.41 Å². The molecule has 0 bridgehead atoms. The average molecular weight is 728 g/mol. The molecule has 0 N–H and O–H groups in total. The predicted molar refractivity (Wildman–Crippen MR) is 239 cm³/mol. The number of anilines is 3. The first-order valence-electron chi connectivity index (χ1n) is 20.0. The van der Waals surface area contributed by atoms with Crippen LogP contribution in [0.1, 0.15) is 47.2 Å². The monoisotopic (exact) mass is 727 g/mol. The van der Waals surface area contributed by atoms with Gasteiger partial charge in [0.1, 0.15) is 0 Å². The van der Waals surface area contributed by atoms with Crippen LogP contribution >= 0.6 is 0 Å². The lowest BCUT2D eigenvalue weighted by Gasteiger charge is -2.35. The summed E-state index contributed by atoms with van der Waals surface area (Å²) < 4.78 is 0. The maximum Gasteiger partial charge on any atom is 0.0714 e. The second-order valence-electron chi connectivity index (χ2n) is 16.1. The summed E-state index contributed by atoms with van der Waals surface area (Å²) in [5, 5.41) is 2.50. The Kier molecular flexibility index (Phi) is 7.50. The number of nitrogens with zero attached hydrogens (tertiary/aromatic N) is 1. The zero-order valence-corrected chi connectivity index (χ0v) is 32.2. The highest BCUT2D eigenvalue weighted by atomic mass is 15.1. The van der Waals surface area contributed by atoms with E-state index in [-0.39, 0.29) is 5.41 Å². The lowest BCUT2D eigenvalue weighted by atomic mass is 9.67. The Labute approximate surface area is 335 Å². The van der Waals surface area contributed by atoms with Crippen molar-refractivity contribution in [3.63, 3.8) is 0 Å². The van der Waals surface area contributed by atoms with Gasteiger partial charge < -0.3 is 4.90 Å². The van der Waals surface area contributed by atoms with Gasteiger partial charge in [0.2, 0.25) is 0 Å². The highest BCUT2D eigenvalue weighted by Gasteiger charge is 2.47. The molecule has 0 fully saturated rings. The van der Waals surface area contributed by atoms with E-state index in [0.29, 0.717) is 0 Å². The Balaban J connectivity index is 1.21. The van der Waals surface area contributed by atoms with Gasteiger partial charge in [0.15, 0.2) is 0 Å². The molecule has 9 aromatic rings. The van der Waals surface area contributed by atoms with Crippen LogP contribution in [-0.4, -0.2) is 0 Å². The maximum atomic E-state index is 2.50. The molecule has 0 amide bonds. The minimum absolute atomic E-state index is 0.135. The van der Waals surface area contributed by atoms with Gasteiger partial charge in [-0.2, -0.15) is 0 Å². The average Bonchev–Trinajstić information content (AvgIpc) is 3.68. The topological polar surface area (TPSA) is 3.24 Å². The third-order valence-corrected chi connectivity index (χ3v) is 12.7. The summed E-state index contributed by atoms with van der Waals surface area (Å²) in [5.41, 5.74) is 18.2. The number of hydrogen-bond donors (Lipinski definition) is 0. The van der Waals surface area contributed by atoms with Crippen LogP contribution in [0.3, 0.4) is 0 Å². The van der Waals surface area contributed by atoms with Crippen LogP contribution in [0.5, 0.6) is 0 Å². The smallest absolute Gasteiger partial charge is 0.0714 e. The standard InChI is InChI=1S/C56H41N/c1-55(2)50-28-16-14-27-46(50)47-32-30-43(36-51(47)55)57(54-29-17-15-26-45(54)38-18-6-3-7-19-38)44-31-33-48-49-34-39-20-12-13-21-40(39)35-52(49)56(53(48)37-44,41-22-8-4-9-23-41)42-24-10-5-11-25-42/h3-37H,1-2H3. The third kappa shape index (κ3) is 4.95. The van der Waals surface area contributed by atoms with Gasteiger partial charge in [-0.1, -0.05) is 184 Å². The summed E-state index contributed by atoms with van der Waals surface area (Å²) in [5.74, 6) is 0. The molecule has 270 valence electrons. The van der Waals surface area contributed by atoms with Crippen LogP contribution in [0.25, 0.3) is 44.2 Å². The molecule has 9 aromatic carbocycles. The zero-order valence-electron chi connectivity index (χ0n) is 32.2. The van der Waals surface area contributed by atoms with Crippen LogP contribution < -0.4 is 4.90 Å². The summed E-state index contributed by atoms with van der Waals surface area (Å²) >= 11 is 0. The van der Waals surface area contributed by atoms with E-state index in [9.17, 15) is 0 Å². The first kappa shape index (κ1) is 33.4. The Morgan fingerprint density at radius 3 is 1.47 bits per heavy atom. The van der Waals surface area contributed by atoms with E-state index in [1.165, 1.54) is 77.5 Å². The van der Waals surface area contributed by atoms with Crippen molar-refractivity contribution >= 4 is 27.8 Å². The van der Waals surface area contributed by atoms with E-state index in [0.717, 1.165) is 17.1 Å². The molecule has 0 atom stereocenters.